The van der Waals surface area contributed by atoms with E-state index in [1.54, 1.807) is 0 Å². The second-order valence-corrected chi connectivity index (χ2v) is 5.01. The first-order valence-electron chi connectivity index (χ1n) is 5.75. The summed E-state index contributed by atoms with van der Waals surface area (Å²) in [6, 6.07) is 0. The Morgan fingerprint density at radius 1 is 1.33 bits per heavy atom. The van der Waals surface area contributed by atoms with Gasteiger partial charge in [0.25, 0.3) is 0 Å². The molecule has 0 saturated heterocycles. The summed E-state index contributed by atoms with van der Waals surface area (Å²) < 4.78 is 0. The van der Waals surface area contributed by atoms with E-state index >= 15 is 0 Å². The highest BCUT2D eigenvalue weighted by atomic mass is 79.9. The summed E-state index contributed by atoms with van der Waals surface area (Å²) in [4.78, 5) is 13.5. The maximum Gasteiger partial charge on any atom is 0.233 e. The van der Waals surface area contributed by atoms with Crippen LogP contribution in [0.4, 0.5) is 0 Å². The monoisotopic (exact) mass is 278 g/mol. The predicted molar refractivity (Wildman–Crippen MR) is 68.4 cm³/mol. The smallest absolute Gasteiger partial charge is 0.233 e. The Hall–Kier alpha value is -0.0900. The van der Waals surface area contributed by atoms with Crippen molar-refractivity contribution in [2.75, 3.05) is 26.2 Å². The van der Waals surface area contributed by atoms with Crippen LogP contribution in [0.5, 0.6) is 0 Å². The van der Waals surface area contributed by atoms with E-state index in [1.807, 2.05) is 6.92 Å². The van der Waals surface area contributed by atoms with Crippen molar-refractivity contribution in [3.8, 4) is 0 Å². The van der Waals surface area contributed by atoms with Crippen LogP contribution in [0.1, 0.15) is 33.6 Å². The highest BCUT2D eigenvalue weighted by Gasteiger charge is 2.06. The zero-order chi connectivity index (χ0) is 11.7. The van der Waals surface area contributed by atoms with Crippen molar-refractivity contribution in [1.82, 2.24) is 10.2 Å². The third-order valence-corrected chi connectivity index (χ3v) is 2.87. The van der Waals surface area contributed by atoms with Crippen molar-refractivity contribution in [2.45, 2.75) is 38.4 Å². The van der Waals surface area contributed by atoms with E-state index in [9.17, 15) is 4.79 Å². The molecule has 0 aromatic heterocycles. The number of carbonyl (C=O) groups excluding carboxylic acids is 1. The summed E-state index contributed by atoms with van der Waals surface area (Å²) in [5.74, 6) is 0.0813. The first-order valence-corrected chi connectivity index (χ1v) is 6.67. The summed E-state index contributed by atoms with van der Waals surface area (Å²) in [7, 11) is 0. The van der Waals surface area contributed by atoms with Gasteiger partial charge >= 0.3 is 0 Å². The molecule has 0 rings (SSSR count). The molecule has 0 heterocycles. The highest BCUT2D eigenvalue weighted by molar-refractivity contribution is 9.10. The van der Waals surface area contributed by atoms with Crippen LogP contribution in [0.25, 0.3) is 0 Å². The predicted octanol–water partition coefficient (Wildman–Crippen LogP) is 2.01. The van der Waals surface area contributed by atoms with Crippen LogP contribution >= 0.6 is 15.9 Å². The molecule has 3 nitrogen and oxygen atoms in total. The van der Waals surface area contributed by atoms with Gasteiger partial charge in [-0.1, -0.05) is 29.8 Å². The van der Waals surface area contributed by atoms with Gasteiger partial charge in [-0.25, -0.2) is 0 Å². The van der Waals surface area contributed by atoms with Crippen LogP contribution in [0, 0.1) is 0 Å². The standard InChI is InChI=1S/C11H23BrN2O/c1-4-14(5-2)9-7-6-8-13-11(15)10(3)12/h10H,4-9H2,1-3H3,(H,13,15). The van der Waals surface area contributed by atoms with E-state index in [0.717, 1.165) is 39.0 Å². The van der Waals surface area contributed by atoms with Crippen LogP contribution < -0.4 is 5.32 Å². The number of halogens is 1. The average molecular weight is 279 g/mol. The fraction of sp³-hybridized carbons (Fsp3) is 0.909. The zero-order valence-electron chi connectivity index (χ0n) is 10.1. The number of amides is 1. The molecule has 0 saturated carbocycles. The number of rotatable bonds is 8. The minimum absolute atomic E-state index is 0.0813. The fourth-order valence-electron chi connectivity index (χ4n) is 1.35. The quantitative estimate of drug-likeness (QED) is 0.544. The van der Waals surface area contributed by atoms with E-state index in [4.69, 9.17) is 0 Å². The minimum Gasteiger partial charge on any atom is -0.355 e. The Kier molecular flexibility index (Phi) is 9.10. The molecular weight excluding hydrogens is 256 g/mol. The SMILES string of the molecule is CCN(CC)CCCCNC(=O)C(C)Br. The van der Waals surface area contributed by atoms with Gasteiger partial charge in [-0.2, -0.15) is 0 Å². The first-order chi connectivity index (χ1) is 7.11. The molecule has 0 aliphatic carbocycles. The number of carbonyl (C=O) groups is 1. The second-order valence-electron chi connectivity index (χ2n) is 3.64. The van der Waals surface area contributed by atoms with E-state index in [-0.39, 0.29) is 10.7 Å². The van der Waals surface area contributed by atoms with Gasteiger partial charge in [-0.05, 0) is 39.4 Å². The third-order valence-electron chi connectivity index (χ3n) is 2.46. The Bertz CT molecular complexity index is 170. The summed E-state index contributed by atoms with van der Waals surface area (Å²) in [5.41, 5.74) is 0. The van der Waals surface area contributed by atoms with Crippen LogP contribution in [0.3, 0.4) is 0 Å². The molecule has 1 atom stereocenters. The normalized spacial score (nSPS) is 12.9. The molecule has 0 fully saturated rings. The van der Waals surface area contributed by atoms with Gasteiger partial charge in [0, 0.05) is 6.54 Å². The molecule has 0 aliphatic rings. The van der Waals surface area contributed by atoms with E-state index < -0.39 is 0 Å². The molecule has 90 valence electrons. The lowest BCUT2D eigenvalue weighted by molar-refractivity contribution is -0.120. The van der Waals surface area contributed by atoms with Crippen LogP contribution in [-0.4, -0.2) is 41.8 Å². The van der Waals surface area contributed by atoms with Gasteiger partial charge in [0.05, 0.1) is 4.83 Å². The number of nitrogens with one attached hydrogen (secondary N) is 1. The van der Waals surface area contributed by atoms with Gasteiger partial charge in [-0.15, -0.1) is 0 Å². The summed E-state index contributed by atoms with van der Waals surface area (Å²) >= 11 is 3.23. The molecule has 1 unspecified atom stereocenters. The van der Waals surface area contributed by atoms with Crippen LogP contribution in [0.15, 0.2) is 0 Å². The molecule has 0 bridgehead atoms. The maximum absolute atomic E-state index is 11.2. The molecule has 0 spiro atoms. The van der Waals surface area contributed by atoms with Gasteiger partial charge in [-0.3, -0.25) is 4.79 Å². The Morgan fingerprint density at radius 2 is 1.93 bits per heavy atom. The first kappa shape index (κ1) is 14.9. The second kappa shape index (κ2) is 9.16. The number of hydrogen-bond donors (Lipinski definition) is 1. The van der Waals surface area contributed by atoms with Crippen LogP contribution in [0.2, 0.25) is 0 Å². The van der Waals surface area contributed by atoms with Crippen molar-refractivity contribution in [3.63, 3.8) is 0 Å². The Morgan fingerprint density at radius 3 is 2.40 bits per heavy atom. The lowest BCUT2D eigenvalue weighted by Crippen LogP contribution is -2.31. The number of unbranched alkanes of at least 4 members (excludes halogenated alkanes) is 1. The van der Waals surface area contributed by atoms with Crippen molar-refractivity contribution >= 4 is 21.8 Å². The maximum atomic E-state index is 11.2. The molecule has 0 aliphatic heterocycles. The van der Waals surface area contributed by atoms with Gasteiger partial charge < -0.3 is 10.2 Å². The fourth-order valence-corrected chi connectivity index (χ4v) is 1.51. The lowest BCUT2D eigenvalue weighted by atomic mass is 10.3. The molecule has 4 heteroatoms. The van der Waals surface area contributed by atoms with E-state index in [1.165, 1.54) is 0 Å². The molecule has 1 N–H and O–H groups in total. The summed E-state index contributed by atoms with van der Waals surface area (Å²) in [6.45, 7) is 10.3. The van der Waals surface area contributed by atoms with E-state index in [0.29, 0.717) is 0 Å². The molecule has 1 amide bonds. The Labute approximate surface area is 102 Å². The van der Waals surface area contributed by atoms with Crippen molar-refractivity contribution < 1.29 is 4.79 Å². The lowest BCUT2D eigenvalue weighted by Gasteiger charge is -2.17. The van der Waals surface area contributed by atoms with Crippen molar-refractivity contribution in [2.24, 2.45) is 0 Å². The number of nitrogens with zero attached hydrogens (tertiary/aromatic N) is 1. The van der Waals surface area contributed by atoms with Crippen LogP contribution in [-0.2, 0) is 4.79 Å². The Balaban J connectivity index is 3.35. The molecule has 0 radical (unpaired) electrons. The van der Waals surface area contributed by atoms with Gasteiger partial charge in [0.1, 0.15) is 0 Å². The third kappa shape index (κ3) is 7.79. The molecular formula is C11H23BrN2O. The zero-order valence-corrected chi connectivity index (χ0v) is 11.6. The van der Waals surface area contributed by atoms with Gasteiger partial charge in [0.15, 0.2) is 0 Å². The summed E-state index contributed by atoms with van der Waals surface area (Å²) in [5, 5.41) is 2.89. The van der Waals surface area contributed by atoms with E-state index in [2.05, 4.69) is 40.0 Å². The van der Waals surface area contributed by atoms with Crippen molar-refractivity contribution in [1.29, 1.82) is 0 Å². The largest absolute Gasteiger partial charge is 0.355 e. The minimum atomic E-state index is -0.0831. The van der Waals surface area contributed by atoms with Gasteiger partial charge in [0.2, 0.25) is 5.91 Å². The number of hydrogen-bond acceptors (Lipinski definition) is 2. The average Bonchev–Trinajstić information content (AvgIpc) is 2.23. The number of alkyl halides is 1. The molecule has 15 heavy (non-hydrogen) atoms. The van der Waals surface area contributed by atoms with Crippen molar-refractivity contribution in [3.05, 3.63) is 0 Å². The highest BCUT2D eigenvalue weighted by Crippen LogP contribution is 1.97. The molecule has 0 aromatic rings. The summed E-state index contributed by atoms with van der Waals surface area (Å²) in [6.07, 6.45) is 2.21. The molecule has 0 aromatic carbocycles. The topological polar surface area (TPSA) is 32.3 Å².